The van der Waals surface area contributed by atoms with Crippen LogP contribution >= 0.6 is 0 Å². The van der Waals surface area contributed by atoms with E-state index in [1.165, 1.54) is 0 Å². The van der Waals surface area contributed by atoms with Crippen molar-refractivity contribution >= 4 is 17.4 Å². The van der Waals surface area contributed by atoms with Gasteiger partial charge in [0.15, 0.2) is 0 Å². The van der Waals surface area contributed by atoms with Crippen LogP contribution in [-0.2, 0) is 20.7 Å². The van der Waals surface area contributed by atoms with Gasteiger partial charge in [-0.1, -0.05) is 6.07 Å². The topological polar surface area (TPSA) is 55.8 Å². The molecule has 0 atom stereocenters. The summed E-state index contributed by atoms with van der Waals surface area (Å²) in [6.45, 7) is 2.82. The van der Waals surface area contributed by atoms with E-state index in [1.54, 1.807) is 14.0 Å². The smallest absolute Gasteiger partial charge is 0.325 e. The van der Waals surface area contributed by atoms with Crippen molar-refractivity contribution in [1.29, 1.82) is 0 Å². The minimum Gasteiger partial charge on any atom is -0.497 e. The van der Waals surface area contributed by atoms with Gasteiger partial charge in [0.05, 0.1) is 13.7 Å². The summed E-state index contributed by atoms with van der Waals surface area (Å²) >= 11 is 0. The lowest BCUT2D eigenvalue weighted by Crippen LogP contribution is -2.32. The van der Waals surface area contributed by atoms with Crippen molar-refractivity contribution in [2.45, 2.75) is 19.8 Å². The number of esters is 1. The fourth-order valence-corrected chi connectivity index (χ4v) is 2.32. The number of hydrogen-bond acceptors (Lipinski definition) is 5. The molecule has 1 aromatic rings. The fourth-order valence-electron chi connectivity index (χ4n) is 2.32. The third-order valence-electron chi connectivity index (χ3n) is 3.31. The fraction of sp³-hybridized carbons (Fsp3) is 0.467. The van der Waals surface area contributed by atoms with Gasteiger partial charge in [0, 0.05) is 31.1 Å². The standard InChI is InChI=1S/C15H19NO4/c1-3-20-15(18)10-16-7-6-12(17)8-11-4-5-13(19-2)9-14(11)16/h4-5,9H,3,6-8,10H2,1-2H3. The second-order valence-corrected chi connectivity index (χ2v) is 4.69. The van der Waals surface area contributed by atoms with Crippen molar-refractivity contribution in [1.82, 2.24) is 0 Å². The molecule has 1 aliphatic heterocycles. The van der Waals surface area contributed by atoms with Crippen molar-refractivity contribution in [3.05, 3.63) is 23.8 Å². The molecular formula is C15H19NO4. The lowest BCUT2D eigenvalue weighted by atomic mass is 10.1. The van der Waals surface area contributed by atoms with Crippen molar-refractivity contribution in [2.24, 2.45) is 0 Å². The molecule has 2 rings (SSSR count). The number of ketones is 1. The van der Waals surface area contributed by atoms with E-state index in [0.29, 0.717) is 31.7 Å². The Morgan fingerprint density at radius 1 is 1.40 bits per heavy atom. The second-order valence-electron chi connectivity index (χ2n) is 4.69. The highest BCUT2D eigenvalue weighted by atomic mass is 16.5. The van der Waals surface area contributed by atoms with Gasteiger partial charge < -0.3 is 14.4 Å². The average Bonchev–Trinajstić information content (AvgIpc) is 2.58. The lowest BCUT2D eigenvalue weighted by molar-refractivity contribution is -0.141. The Bertz CT molecular complexity index is 513. The molecular weight excluding hydrogens is 258 g/mol. The highest BCUT2D eigenvalue weighted by molar-refractivity contribution is 5.86. The highest BCUT2D eigenvalue weighted by Crippen LogP contribution is 2.29. The van der Waals surface area contributed by atoms with E-state index in [9.17, 15) is 9.59 Å². The Morgan fingerprint density at radius 3 is 2.90 bits per heavy atom. The van der Waals surface area contributed by atoms with Crippen LogP contribution in [0, 0.1) is 0 Å². The predicted octanol–water partition coefficient (Wildman–Crippen LogP) is 1.58. The molecule has 0 N–H and O–H groups in total. The Labute approximate surface area is 118 Å². The molecule has 0 radical (unpaired) electrons. The van der Waals surface area contributed by atoms with Gasteiger partial charge in [-0.3, -0.25) is 9.59 Å². The van der Waals surface area contributed by atoms with Crippen LogP contribution in [0.15, 0.2) is 18.2 Å². The lowest BCUT2D eigenvalue weighted by Gasteiger charge is -2.24. The van der Waals surface area contributed by atoms with Gasteiger partial charge in [-0.15, -0.1) is 0 Å². The summed E-state index contributed by atoms with van der Waals surface area (Å²) in [6.07, 6.45) is 0.842. The zero-order valence-corrected chi connectivity index (χ0v) is 11.8. The number of carbonyl (C=O) groups excluding carboxylic acids is 2. The molecule has 108 valence electrons. The van der Waals surface area contributed by atoms with Crippen molar-refractivity contribution in [3.8, 4) is 5.75 Å². The summed E-state index contributed by atoms with van der Waals surface area (Å²) in [5, 5.41) is 0. The van der Waals surface area contributed by atoms with Crippen molar-refractivity contribution in [3.63, 3.8) is 0 Å². The van der Waals surface area contributed by atoms with Gasteiger partial charge in [0.1, 0.15) is 18.1 Å². The van der Waals surface area contributed by atoms with Gasteiger partial charge in [-0.25, -0.2) is 0 Å². The van der Waals surface area contributed by atoms with Crippen LogP contribution in [0.25, 0.3) is 0 Å². The molecule has 0 aliphatic carbocycles. The minimum absolute atomic E-state index is 0.154. The minimum atomic E-state index is -0.282. The molecule has 0 saturated carbocycles. The van der Waals surface area contributed by atoms with Crippen LogP contribution in [-0.4, -0.2) is 38.6 Å². The van der Waals surface area contributed by atoms with E-state index in [0.717, 1.165) is 11.3 Å². The number of hydrogen-bond donors (Lipinski definition) is 0. The molecule has 1 heterocycles. The molecule has 0 unspecified atom stereocenters. The van der Waals surface area contributed by atoms with Crippen LogP contribution < -0.4 is 9.64 Å². The van der Waals surface area contributed by atoms with Gasteiger partial charge in [-0.05, 0) is 18.6 Å². The zero-order chi connectivity index (χ0) is 14.5. The first-order valence-corrected chi connectivity index (χ1v) is 6.73. The van der Waals surface area contributed by atoms with E-state index in [4.69, 9.17) is 9.47 Å². The summed E-state index contributed by atoms with van der Waals surface area (Å²) in [4.78, 5) is 25.4. The van der Waals surface area contributed by atoms with E-state index in [2.05, 4.69) is 0 Å². The number of fused-ring (bicyclic) bond motifs is 1. The third kappa shape index (κ3) is 3.29. The maximum atomic E-state index is 11.8. The molecule has 1 aromatic carbocycles. The van der Waals surface area contributed by atoms with Gasteiger partial charge in [0.2, 0.25) is 0 Å². The summed E-state index contributed by atoms with van der Waals surface area (Å²) < 4.78 is 10.2. The maximum Gasteiger partial charge on any atom is 0.325 e. The second kappa shape index (κ2) is 6.41. The molecule has 20 heavy (non-hydrogen) atoms. The van der Waals surface area contributed by atoms with Crippen LogP contribution in [0.4, 0.5) is 5.69 Å². The molecule has 0 saturated heterocycles. The van der Waals surface area contributed by atoms with E-state index in [-0.39, 0.29) is 18.3 Å². The molecule has 0 aromatic heterocycles. The Balaban J connectivity index is 2.29. The Kier molecular flexibility index (Phi) is 4.61. The van der Waals surface area contributed by atoms with Crippen LogP contribution in [0.5, 0.6) is 5.75 Å². The normalized spacial score (nSPS) is 14.5. The third-order valence-corrected chi connectivity index (χ3v) is 3.31. The van der Waals surface area contributed by atoms with Crippen LogP contribution in [0.1, 0.15) is 18.9 Å². The summed E-state index contributed by atoms with van der Waals surface area (Å²) in [5.41, 5.74) is 1.81. The molecule has 0 bridgehead atoms. The van der Waals surface area contributed by atoms with E-state index >= 15 is 0 Å². The highest BCUT2D eigenvalue weighted by Gasteiger charge is 2.22. The molecule has 5 nitrogen and oxygen atoms in total. The zero-order valence-electron chi connectivity index (χ0n) is 11.8. The number of anilines is 1. The monoisotopic (exact) mass is 277 g/mol. The number of rotatable bonds is 4. The average molecular weight is 277 g/mol. The van der Waals surface area contributed by atoms with E-state index < -0.39 is 0 Å². The quantitative estimate of drug-likeness (QED) is 0.782. The predicted molar refractivity (Wildman–Crippen MR) is 75.2 cm³/mol. The summed E-state index contributed by atoms with van der Waals surface area (Å²) in [7, 11) is 1.60. The van der Waals surface area contributed by atoms with E-state index in [1.807, 2.05) is 23.1 Å². The SMILES string of the molecule is CCOC(=O)CN1CCC(=O)Cc2ccc(OC)cc21. The molecule has 1 aliphatic rings. The number of Topliss-reactive ketones (excluding diaryl/α,β-unsaturated/α-hetero) is 1. The first-order chi connectivity index (χ1) is 9.63. The first-order valence-electron chi connectivity index (χ1n) is 6.73. The van der Waals surface area contributed by atoms with Crippen LogP contribution in [0.2, 0.25) is 0 Å². The number of benzene rings is 1. The van der Waals surface area contributed by atoms with Crippen LogP contribution in [0.3, 0.4) is 0 Å². The Hall–Kier alpha value is -2.04. The largest absolute Gasteiger partial charge is 0.497 e. The summed E-state index contributed by atoms with van der Waals surface area (Å²) in [5.74, 6) is 0.616. The summed E-state index contributed by atoms with van der Waals surface area (Å²) in [6, 6.07) is 5.59. The molecule has 0 fully saturated rings. The maximum absolute atomic E-state index is 11.8. The van der Waals surface area contributed by atoms with Crippen molar-refractivity contribution in [2.75, 3.05) is 31.7 Å². The molecule has 0 spiro atoms. The molecule has 5 heteroatoms. The number of methoxy groups -OCH3 is 1. The van der Waals surface area contributed by atoms with Crippen molar-refractivity contribution < 1.29 is 19.1 Å². The first kappa shape index (κ1) is 14.4. The Morgan fingerprint density at radius 2 is 2.20 bits per heavy atom. The number of nitrogens with zero attached hydrogens (tertiary/aromatic N) is 1. The number of ether oxygens (including phenoxy) is 2. The van der Waals surface area contributed by atoms with Gasteiger partial charge in [0.25, 0.3) is 0 Å². The molecule has 0 amide bonds. The van der Waals surface area contributed by atoms with Gasteiger partial charge >= 0.3 is 5.97 Å². The number of carbonyl (C=O) groups is 2. The van der Waals surface area contributed by atoms with Gasteiger partial charge in [-0.2, -0.15) is 0 Å².